The number of nitrogens with zero attached hydrogens (tertiary/aromatic N) is 4. The smallest absolute Gasteiger partial charge is 0.355 e. The van der Waals surface area contributed by atoms with Crippen LogP contribution in [-0.2, 0) is 12.7 Å². The molecule has 1 saturated heterocycles. The zero-order valence-electron chi connectivity index (χ0n) is 17.2. The summed E-state index contributed by atoms with van der Waals surface area (Å²) in [5, 5.41) is 3.90. The van der Waals surface area contributed by atoms with Crippen molar-refractivity contribution in [1.29, 1.82) is 0 Å². The highest BCUT2D eigenvalue weighted by atomic mass is 32.1. The molecule has 164 valence electrons. The van der Waals surface area contributed by atoms with Gasteiger partial charge in [0, 0.05) is 51.3 Å². The van der Waals surface area contributed by atoms with Gasteiger partial charge in [-0.1, -0.05) is 6.07 Å². The van der Waals surface area contributed by atoms with Gasteiger partial charge in [-0.3, -0.25) is 14.7 Å². The van der Waals surface area contributed by atoms with Crippen LogP contribution in [-0.4, -0.2) is 54.0 Å². The normalized spacial score (nSPS) is 15.5. The van der Waals surface area contributed by atoms with Gasteiger partial charge in [0.05, 0.1) is 27.0 Å². The second-order valence-corrected chi connectivity index (χ2v) is 8.40. The minimum absolute atomic E-state index is 0.0149. The van der Waals surface area contributed by atoms with Crippen LogP contribution in [0.5, 0.6) is 0 Å². The lowest BCUT2D eigenvalue weighted by Gasteiger charge is -2.35. The third-order valence-electron chi connectivity index (χ3n) is 5.34. The van der Waals surface area contributed by atoms with Crippen LogP contribution in [0.15, 0.2) is 29.8 Å². The third kappa shape index (κ3) is 4.49. The number of thiophene rings is 1. The molecule has 4 heterocycles. The number of pyridine rings is 2. The van der Waals surface area contributed by atoms with E-state index in [4.69, 9.17) is 0 Å². The summed E-state index contributed by atoms with van der Waals surface area (Å²) in [6.45, 7) is 5.13. The van der Waals surface area contributed by atoms with E-state index in [1.165, 1.54) is 12.4 Å². The number of carbonyl (C=O) groups is 1. The number of hydrogen-bond donors (Lipinski definition) is 1. The Morgan fingerprint density at radius 3 is 2.58 bits per heavy atom. The monoisotopic (exact) mass is 449 g/mol. The summed E-state index contributed by atoms with van der Waals surface area (Å²) >= 11 is 0.892. The minimum Gasteiger partial charge on any atom is -0.355 e. The lowest BCUT2D eigenvalue weighted by atomic mass is 10.1. The number of amides is 1. The summed E-state index contributed by atoms with van der Waals surface area (Å²) < 4.78 is 41.2. The van der Waals surface area contributed by atoms with Crippen LogP contribution in [0, 0.1) is 6.92 Å². The average molecular weight is 450 g/mol. The second kappa shape index (κ2) is 8.43. The van der Waals surface area contributed by atoms with E-state index in [2.05, 4.69) is 20.2 Å². The van der Waals surface area contributed by atoms with E-state index in [0.717, 1.165) is 28.7 Å². The van der Waals surface area contributed by atoms with E-state index in [1.807, 2.05) is 30.2 Å². The highest BCUT2D eigenvalue weighted by Crippen LogP contribution is 2.40. The molecule has 4 rings (SSSR count). The Kier molecular flexibility index (Phi) is 5.85. The van der Waals surface area contributed by atoms with Crippen LogP contribution in [0.4, 0.5) is 19.0 Å². The zero-order chi connectivity index (χ0) is 22.2. The van der Waals surface area contributed by atoms with Crippen molar-refractivity contribution in [1.82, 2.24) is 20.2 Å². The summed E-state index contributed by atoms with van der Waals surface area (Å²) in [6, 6.07) is 5.11. The highest BCUT2D eigenvalue weighted by Gasteiger charge is 2.36. The van der Waals surface area contributed by atoms with Gasteiger partial charge in [-0.25, -0.2) is 4.98 Å². The topological polar surface area (TPSA) is 61.4 Å². The van der Waals surface area contributed by atoms with Crippen molar-refractivity contribution in [3.63, 3.8) is 0 Å². The van der Waals surface area contributed by atoms with E-state index >= 15 is 0 Å². The number of alkyl halides is 3. The Morgan fingerprint density at radius 2 is 1.97 bits per heavy atom. The first-order valence-corrected chi connectivity index (χ1v) is 10.7. The van der Waals surface area contributed by atoms with Gasteiger partial charge in [-0.15, -0.1) is 11.3 Å². The van der Waals surface area contributed by atoms with E-state index < -0.39 is 17.6 Å². The molecule has 3 aromatic heterocycles. The number of aromatic nitrogens is 2. The van der Waals surface area contributed by atoms with Crippen LogP contribution in [0.3, 0.4) is 0 Å². The number of aryl methyl sites for hydroxylation is 1. The van der Waals surface area contributed by atoms with Gasteiger partial charge >= 0.3 is 6.18 Å². The molecule has 0 atom stereocenters. The van der Waals surface area contributed by atoms with Crippen LogP contribution >= 0.6 is 11.3 Å². The maximum absolute atomic E-state index is 13.7. The van der Waals surface area contributed by atoms with Gasteiger partial charge in [-0.05, 0) is 24.6 Å². The third-order valence-corrected chi connectivity index (χ3v) is 6.34. The lowest BCUT2D eigenvalue weighted by molar-refractivity contribution is -0.136. The summed E-state index contributed by atoms with van der Waals surface area (Å²) in [4.78, 5) is 25.1. The van der Waals surface area contributed by atoms with E-state index in [0.29, 0.717) is 32.7 Å². The predicted octanol–water partition coefficient (Wildman–Crippen LogP) is 3.70. The first kappa shape index (κ1) is 21.5. The summed E-state index contributed by atoms with van der Waals surface area (Å²) in [6.07, 6.45) is -2.70. The van der Waals surface area contributed by atoms with Gasteiger partial charge in [0.2, 0.25) is 0 Å². The molecule has 1 amide bonds. The molecule has 31 heavy (non-hydrogen) atoms. The summed E-state index contributed by atoms with van der Waals surface area (Å²) in [5.74, 6) is -0.198. The maximum atomic E-state index is 13.7. The molecular weight excluding hydrogens is 427 g/mol. The number of piperazine rings is 1. The van der Waals surface area contributed by atoms with Gasteiger partial charge in [0.25, 0.3) is 5.91 Å². The van der Waals surface area contributed by atoms with Crippen LogP contribution in [0.25, 0.3) is 10.2 Å². The molecule has 0 aliphatic carbocycles. The molecule has 1 aliphatic rings. The van der Waals surface area contributed by atoms with Crippen molar-refractivity contribution in [3.05, 3.63) is 52.2 Å². The van der Waals surface area contributed by atoms with Crippen molar-refractivity contribution in [2.45, 2.75) is 19.6 Å². The Bertz CT molecular complexity index is 1090. The Morgan fingerprint density at radius 1 is 1.23 bits per heavy atom. The van der Waals surface area contributed by atoms with Gasteiger partial charge in [0.15, 0.2) is 0 Å². The second-order valence-electron chi connectivity index (χ2n) is 7.52. The van der Waals surface area contributed by atoms with Crippen molar-refractivity contribution in [2.24, 2.45) is 0 Å². The molecule has 0 aromatic carbocycles. The van der Waals surface area contributed by atoms with Gasteiger partial charge in [0.1, 0.15) is 5.82 Å². The standard InChI is InChI=1S/C21H22F3N5OS/c1-13-3-4-14(26-10-13)11-28-5-7-29(8-6-28)17-9-16(21(22,23)24)19-18(27-17)15(12-31-19)20(30)25-2/h3-4,9-10,12H,5-8,11H2,1-2H3,(H,25,30). The first-order valence-electron chi connectivity index (χ1n) is 9.86. The Hall–Kier alpha value is -2.72. The van der Waals surface area contributed by atoms with E-state index in [1.54, 1.807) is 0 Å². The fourth-order valence-electron chi connectivity index (χ4n) is 3.62. The molecule has 0 unspecified atom stereocenters. The highest BCUT2D eigenvalue weighted by molar-refractivity contribution is 7.17. The van der Waals surface area contributed by atoms with Crippen LogP contribution in [0.1, 0.15) is 27.2 Å². The van der Waals surface area contributed by atoms with E-state index in [-0.39, 0.29) is 21.6 Å². The predicted molar refractivity (Wildman–Crippen MR) is 114 cm³/mol. The molecule has 6 nitrogen and oxygen atoms in total. The number of rotatable bonds is 4. The molecular formula is C21H22F3N5OS. The number of halogens is 3. The van der Waals surface area contributed by atoms with Crippen LogP contribution in [0.2, 0.25) is 0 Å². The van der Waals surface area contributed by atoms with Gasteiger partial charge in [-0.2, -0.15) is 13.2 Å². The Labute approximate surface area is 181 Å². The largest absolute Gasteiger partial charge is 0.417 e. The molecule has 10 heteroatoms. The fraction of sp³-hybridized carbons (Fsp3) is 0.381. The molecule has 0 radical (unpaired) electrons. The van der Waals surface area contributed by atoms with Crippen molar-refractivity contribution < 1.29 is 18.0 Å². The molecule has 1 N–H and O–H groups in total. The number of carbonyl (C=O) groups excluding carboxylic acids is 1. The van der Waals surface area contributed by atoms with Crippen molar-refractivity contribution in [2.75, 3.05) is 38.1 Å². The minimum atomic E-state index is -4.53. The SMILES string of the molecule is CNC(=O)c1csc2c(C(F)(F)F)cc(N3CCN(Cc4ccc(C)cn4)CC3)nc12. The average Bonchev–Trinajstić information content (AvgIpc) is 3.18. The van der Waals surface area contributed by atoms with Crippen molar-refractivity contribution >= 4 is 33.3 Å². The van der Waals surface area contributed by atoms with Crippen LogP contribution < -0.4 is 10.2 Å². The summed E-state index contributed by atoms with van der Waals surface area (Å²) in [7, 11) is 1.45. The van der Waals surface area contributed by atoms with Gasteiger partial charge < -0.3 is 10.2 Å². The molecule has 0 saturated carbocycles. The summed E-state index contributed by atoms with van der Waals surface area (Å²) in [5.41, 5.74) is 1.57. The first-order chi connectivity index (χ1) is 14.8. The molecule has 0 bridgehead atoms. The molecule has 0 spiro atoms. The number of anilines is 1. The molecule has 1 aliphatic heterocycles. The quantitative estimate of drug-likeness (QED) is 0.658. The van der Waals surface area contributed by atoms with E-state index in [9.17, 15) is 18.0 Å². The maximum Gasteiger partial charge on any atom is 0.417 e. The Balaban J connectivity index is 1.58. The van der Waals surface area contributed by atoms with Crippen molar-refractivity contribution in [3.8, 4) is 0 Å². The number of hydrogen-bond acceptors (Lipinski definition) is 6. The number of fused-ring (bicyclic) bond motifs is 1. The molecule has 3 aromatic rings. The fourth-order valence-corrected chi connectivity index (χ4v) is 4.64. The zero-order valence-corrected chi connectivity index (χ0v) is 18.0. The molecule has 1 fully saturated rings. The number of nitrogens with one attached hydrogen (secondary N) is 1. The lowest BCUT2D eigenvalue weighted by Crippen LogP contribution is -2.46.